The summed E-state index contributed by atoms with van der Waals surface area (Å²) in [5.74, 6) is 2.14. The van der Waals surface area contributed by atoms with Gasteiger partial charge in [-0.25, -0.2) is 4.68 Å². The Hall–Kier alpha value is -2.96. The molecule has 3 aromatic rings. The minimum Gasteiger partial charge on any atom is -0.496 e. The zero-order valence-electron chi connectivity index (χ0n) is 11.7. The van der Waals surface area contributed by atoms with Crippen molar-refractivity contribution in [3.63, 3.8) is 0 Å². The predicted octanol–water partition coefficient (Wildman–Crippen LogP) is 1.77. The van der Waals surface area contributed by atoms with Crippen molar-refractivity contribution >= 4 is 5.95 Å². The molecule has 2 heterocycles. The van der Waals surface area contributed by atoms with Crippen molar-refractivity contribution in [1.82, 2.24) is 24.7 Å². The van der Waals surface area contributed by atoms with Gasteiger partial charge in [-0.15, -0.1) is 0 Å². The zero-order valence-corrected chi connectivity index (χ0v) is 11.7. The molecule has 3 rings (SSSR count). The Balaban J connectivity index is 2.16. The highest BCUT2D eigenvalue weighted by Crippen LogP contribution is 2.27. The zero-order chi connectivity index (χ0) is 14.7. The van der Waals surface area contributed by atoms with Crippen LogP contribution in [-0.2, 0) is 0 Å². The normalized spacial score (nSPS) is 10.4. The van der Waals surface area contributed by atoms with E-state index in [1.807, 2.05) is 30.3 Å². The smallest absolute Gasteiger partial charge is 0.255 e. The molecule has 0 atom stereocenters. The summed E-state index contributed by atoms with van der Waals surface area (Å²) in [4.78, 5) is 13.1. The first kappa shape index (κ1) is 13.0. The van der Waals surface area contributed by atoms with Crippen LogP contribution < -0.4 is 10.1 Å². The van der Waals surface area contributed by atoms with Gasteiger partial charge in [0, 0.05) is 19.4 Å². The molecule has 0 saturated carbocycles. The van der Waals surface area contributed by atoms with E-state index in [-0.39, 0.29) is 0 Å². The monoisotopic (exact) mass is 282 g/mol. The lowest BCUT2D eigenvalue weighted by Crippen LogP contribution is -2.08. The Kier molecular flexibility index (Phi) is 3.46. The minimum atomic E-state index is 0.445. The summed E-state index contributed by atoms with van der Waals surface area (Å²) in [6, 6.07) is 9.39. The van der Waals surface area contributed by atoms with Crippen LogP contribution in [0.2, 0.25) is 0 Å². The number of anilines is 1. The van der Waals surface area contributed by atoms with Crippen molar-refractivity contribution in [2.24, 2.45) is 0 Å². The number of hydrogen-bond donors (Lipinski definition) is 1. The fraction of sp³-hybridized carbons (Fsp3) is 0.143. The van der Waals surface area contributed by atoms with Gasteiger partial charge in [-0.05, 0) is 18.2 Å². The number of hydrogen-bond acceptors (Lipinski definition) is 6. The minimum absolute atomic E-state index is 0.445. The molecule has 0 amide bonds. The van der Waals surface area contributed by atoms with E-state index < -0.39 is 0 Å². The van der Waals surface area contributed by atoms with Crippen LogP contribution in [0.3, 0.4) is 0 Å². The molecule has 106 valence electrons. The SMILES string of the molecule is CNc1nc(-c2ccccc2OC)nc(-n2cccn2)n1. The van der Waals surface area contributed by atoms with E-state index in [4.69, 9.17) is 4.74 Å². The first-order valence-corrected chi connectivity index (χ1v) is 6.39. The summed E-state index contributed by atoms with van der Waals surface area (Å²) < 4.78 is 6.95. The first-order chi connectivity index (χ1) is 10.3. The van der Waals surface area contributed by atoms with Crippen LogP contribution >= 0.6 is 0 Å². The lowest BCUT2D eigenvalue weighted by Gasteiger charge is -2.09. The number of nitrogens with one attached hydrogen (secondary N) is 1. The van der Waals surface area contributed by atoms with Gasteiger partial charge in [0.15, 0.2) is 5.82 Å². The van der Waals surface area contributed by atoms with Gasteiger partial charge in [0.1, 0.15) is 5.75 Å². The van der Waals surface area contributed by atoms with E-state index in [0.717, 1.165) is 5.56 Å². The third-order valence-electron chi connectivity index (χ3n) is 2.90. The molecule has 0 aliphatic heterocycles. The molecule has 2 aromatic heterocycles. The van der Waals surface area contributed by atoms with Crippen LogP contribution in [-0.4, -0.2) is 38.9 Å². The van der Waals surface area contributed by atoms with Gasteiger partial charge in [0.2, 0.25) is 5.95 Å². The van der Waals surface area contributed by atoms with Gasteiger partial charge >= 0.3 is 0 Å². The second kappa shape index (κ2) is 5.58. The van der Waals surface area contributed by atoms with Crippen molar-refractivity contribution in [1.29, 1.82) is 0 Å². The molecule has 0 bridgehead atoms. The number of rotatable bonds is 4. The van der Waals surface area contributed by atoms with Crippen molar-refractivity contribution < 1.29 is 4.74 Å². The van der Waals surface area contributed by atoms with E-state index in [0.29, 0.717) is 23.5 Å². The fourth-order valence-electron chi connectivity index (χ4n) is 1.92. The van der Waals surface area contributed by atoms with E-state index in [9.17, 15) is 0 Å². The van der Waals surface area contributed by atoms with Gasteiger partial charge in [0.05, 0.1) is 12.7 Å². The van der Waals surface area contributed by atoms with Crippen molar-refractivity contribution in [2.45, 2.75) is 0 Å². The highest BCUT2D eigenvalue weighted by molar-refractivity contribution is 5.65. The van der Waals surface area contributed by atoms with Crippen molar-refractivity contribution in [2.75, 3.05) is 19.5 Å². The number of benzene rings is 1. The largest absolute Gasteiger partial charge is 0.496 e. The molecule has 1 aromatic carbocycles. The standard InChI is InChI=1S/C14H14N6O/c1-15-13-17-12(10-6-3-4-7-11(10)21-2)18-14(19-13)20-9-5-8-16-20/h3-9H,1-2H3,(H,15,17,18,19). The number of nitrogens with zero attached hydrogens (tertiary/aromatic N) is 5. The predicted molar refractivity (Wildman–Crippen MR) is 78.5 cm³/mol. The van der Waals surface area contributed by atoms with E-state index >= 15 is 0 Å². The fourth-order valence-corrected chi connectivity index (χ4v) is 1.92. The first-order valence-electron chi connectivity index (χ1n) is 6.39. The molecule has 0 unspecified atom stereocenters. The molecular formula is C14H14N6O. The Morgan fingerprint density at radius 3 is 2.67 bits per heavy atom. The maximum absolute atomic E-state index is 5.36. The maximum atomic E-state index is 5.36. The van der Waals surface area contributed by atoms with Crippen LogP contribution in [0.5, 0.6) is 5.75 Å². The molecule has 0 spiro atoms. The molecule has 0 radical (unpaired) electrons. The van der Waals surface area contributed by atoms with Crippen LogP contribution in [0.15, 0.2) is 42.7 Å². The topological polar surface area (TPSA) is 77.8 Å². The Morgan fingerprint density at radius 2 is 1.95 bits per heavy atom. The van der Waals surface area contributed by atoms with E-state index in [1.54, 1.807) is 31.2 Å². The van der Waals surface area contributed by atoms with Gasteiger partial charge in [-0.2, -0.15) is 20.1 Å². The number of aromatic nitrogens is 5. The average molecular weight is 282 g/mol. The van der Waals surface area contributed by atoms with Gasteiger partial charge in [-0.3, -0.25) is 0 Å². The Labute approximate surface area is 121 Å². The third-order valence-corrected chi connectivity index (χ3v) is 2.90. The average Bonchev–Trinajstić information content (AvgIpc) is 3.09. The number of ether oxygens (including phenoxy) is 1. The molecule has 21 heavy (non-hydrogen) atoms. The molecule has 0 aliphatic carbocycles. The molecule has 1 N–H and O–H groups in total. The lowest BCUT2D eigenvalue weighted by atomic mass is 10.2. The summed E-state index contributed by atoms with van der Waals surface area (Å²) in [6.45, 7) is 0. The molecule has 0 aliphatic rings. The second-order valence-electron chi connectivity index (χ2n) is 4.18. The van der Waals surface area contributed by atoms with Crippen LogP contribution in [0.1, 0.15) is 0 Å². The molecule has 0 saturated heterocycles. The summed E-state index contributed by atoms with van der Waals surface area (Å²) in [7, 11) is 3.38. The highest BCUT2D eigenvalue weighted by atomic mass is 16.5. The quantitative estimate of drug-likeness (QED) is 0.786. The van der Waals surface area contributed by atoms with Crippen molar-refractivity contribution in [3.8, 4) is 23.1 Å². The summed E-state index contributed by atoms with van der Waals surface area (Å²) in [5, 5.41) is 7.08. The Bertz CT molecular complexity index is 741. The van der Waals surface area contributed by atoms with Crippen LogP contribution in [0.4, 0.5) is 5.95 Å². The number of methoxy groups -OCH3 is 1. The van der Waals surface area contributed by atoms with Crippen LogP contribution in [0, 0.1) is 0 Å². The van der Waals surface area contributed by atoms with Gasteiger partial charge in [-0.1, -0.05) is 12.1 Å². The summed E-state index contributed by atoms with van der Waals surface area (Å²) in [5.41, 5.74) is 0.798. The molecule has 0 fully saturated rings. The van der Waals surface area contributed by atoms with E-state index in [2.05, 4.69) is 25.4 Å². The maximum Gasteiger partial charge on any atom is 0.255 e. The second-order valence-corrected chi connectivity index (χ2v) is 4.18. The molecular weight excluding hydrogens is 268 g/mol. The lowest BCUT2D eigenvalue weighted by molar-refractivity contribution is 0.416. The van der Waals surface area contributed by atoms with Crippen LogP contribution in [0.25, 0.3) is 17.3 Å². The third kappa shape index (κ3) is 2.53. The Morgan fingerprint density at radius 1 is 1.10 bits per heavy atom. The van der Waals surface area contributed by atoms with Gasteiger partial charge in [0.25, 0.3) is 5.95 Å². The molecule has 7 heteroatoms. The van der Waals surface area contributed by atoms with E-state index in [1.165, 1.54) is 0 Å². The number of para-hydroxylation sites is 1. The molecule has 7 nitrogen and oxygen atoms in total. The van der Waals surface area contributed by atoms with Gasteiger partial charge < -0.3 is 10.1 Å². The summed E-state index contributed by atoms with van der Waals surface area (Å²) >= 11 is 0. The summed E-state index contributed by atoms with van der Waals surface area (Å²) in [6.07, 6.45) is 3.45. The highest BCUT2D eigenvalue weighted by Gasteiger charge is 2.12. The van der Waals surface area contributed by atoms with Crippen molar-refractivity contribution in [3.05, 3.63) is 42.7 Å².